The Hall–Kier alpha value is -6.24. The van der Waals surface area contributed by atoms with Gasteiger partial charge in [-0.15, -0.1) is 20.4 Å². The highest BCUT2D eigenvalue weighted by Crippen LogP contribution is 2.39. The smallest absolute Gasteiger partial charge is 0.169 e. The van der Waals surface area contributed by atoms with E-state index in [0.717, 1.165) is 48.4 Å². The summed E-state index contributed by atoms with van der Waals surface area (Å²) >= 11 is 0. The number of hydrogen-bond acceptors (Lipinski definition) is 12. The fourth-order valence-corrected chi connectivity index (χ4v) is 6.69. The van der Waals surface area contributed by atoms with E-state index in [9.17, 15) is 10.2 Å². The van der Waals surface area contributed by atoms with Gasteiger partial charge in [0.1, 0.15) is 11.5 Å². The fourth-order valence-electron chi connectivity index (χ4n) is 6.69. The van der Waals surface area contributed by atoms with E-state index < -0.39 is 0 Å². The molecule has 6 aromatic rings. The Morgan fingerprint density at radius 2 is 1.35 bits per heavy atom. The van der Waals surface area contributed by atoms with Crippen LogP contribution < -0.4 is 21.3 Å². The summed E-state index contributed by atoms with van der Waals surface area (Å²) in [5.41, 5.74) is 19.3. The van der Waals surface area contributed by atoms with Gasteiger partial charge in [-0.3, -0.25) is 9.67 Å². The van der Waals surface area contributed by atoms with E-state index in [4.69, 9.17) is 11.5 Å². The lowest BCUT2D eigenvalue weighted by Crippen LogP contribution is -2.54. The molecule has 13 heteroatoms. The summed E-state index contributed by atoms with van der Waals surface area (Å²) < 4.78 is 1.69. The van der Waals surface area contributed by atoms with Crippen LogP contribution in [-0.4, -0.2) is 70.5 Å². The van der Waals surface area contributed by atoms with Crippen LogP contribution in [0.5, 0.6) is 11.5 Å². The van der Waals surface area contributed by atoms with Crippen LogP contribution in [-0.2, 0) is 7.05 Å². The number of aryl methyl sites for hydroxylation is 2. The first kappa shape index (κ1) is 31.4. The highest BCUT2D eigenvalue weighted by Gasteiger charge is 2.40. The number of phenolic OH excluding ortho intramolecular Hbond substituents is 2. The standard InChI is InChI=1S/C22H24N6O.C14H13N5O/c1-14-10-15(8-9-24-14)28-16-6-7-17(28)13-27(12-16)20-11-19(25-26-22(20)23)18-4-2-3-5-21(18)29;1-19-8-9(7-16-19)11-6-12(17-18-14(11)15)10-4-2-3-5-13(10)20/h2-5,8-11,16-17,29H,6-7,12-13H2,1H3,(H2,23,26);2-8,20H,1H3,(H2,15,18). The number of aromatic hydroxyl groups is 2. The highest BCUT2D eigenvalue weighted by atomic mass is 16.3. The molecule has 0 radical (unpaired) electrons. The number of rotatable bonds is 5. The van der Waals surface area contributed by atoms with Crippen molar-refractivity contribution in [2.75, 3.05) is 34.4 Å². The molecule has 49 heavy (non-hydrogen) atoms. The van der Waals surface area contributed by atoms with Crippen LogP contribution >= 0.6 is 0 Å². The molecule has 6 heterocycles. The van der Waals surface area contributed by atoms with Gasteiger partial charge in [0.15, 0.2) is 11.6 Å². The molecular formula is C36H37N11O2. The summed E-state index contributed by atoms with van der Waals surface area (Å²) in [6.45, 7) is 3.80. The lowest BCUT2D eigenvalue weighted by molar-refractivity contribution is 0.476. The van der Waals surface area contributed by atoms with Crippen molar-refractivity contribution in [1.29, 1.82) is 0 Å². The topological polar surface area (TPSA) is 181 Å². The third kappa shape index (κ3) is 6.38. The number of aromatic nitrogens is 7. The van der Waals surface area contributed by atoms with Gasteiger partial charge in [0.25, 0.3) is 0 Å². The van der Waals surface area contributed by atoms with E-state index >= 15 is 0 Å². The minimum Gasteiger partial charge on any atom is -0.507 e. The fraction of sp³-hybridized carbons (Fsp3) is 0.222. The van der Waals surface area contributed by atoms with Gasteiger partial charge < -0.3 is 31.5 Å². The molecule has 4 aromatic heterocycles. The van der Waals surface area contributed by atoms with Gasteiger partial charge in [-0.05, 0) is 68.3 Å². The minimum atomic E-state index is 0.156. The number of phenols is 2. The van der Waals surface area contributed by atoms with E-state index in [1.54, 1.807) is 47.3 Å². The van der Waals surface area contributed by atoms with Crippen molar-refractivity contribution in [2.24, 2.45) is 7.05 Å². The summed E-state index contributed by atoms with van der Waals surface area (Å²) in [6.07, 6.45) is 7.77. The number of nitrogens with zero attached hydrogens (tertiary/aromatic N) is 9. The monoisotopic (exact) mass is 655 g/mol. The number of nitrogens with two attached hydrogens (primary N) is 2. The number of para-hydroxylation sites is 2. The maximum absolute atomic E-state index is 10.2. The van der Waals surface area contributed by atoms with Gasteiger partial charge in [-0.2, -0.15) is 5.10 Å². The van der Waals surface area contributed by atoms with Gasteiger partial charge in [0, 0.05) is 78.2 Å². The maximum Gasteiger partial charge on any atom is 0.169 e. The molecule has 0 amide bonds. The first-order chi connectivity index (χ1) is 23.7. The third-order valence-corrected chi connectivity index (χ3v) is 9.00. The van der Waals surface area contributed by atoms with E-state index in [1.807, 2.05) is 50.6 Å². The molecular weight excluding hydrogens is 618 g/mol. The van der Waals surface area contributed by atoms with Crippen LogP contribution in [0.1, 0.15) is 18.5 Å². The molecule has 2 aliphatic rings. The first-order valence-electron chi connectivity index (χ1n) is 16.0. The predicted molar refractivity (Wildman–Crippen MR) is 190 cm³/mol. The molecule has 6 N–H and O–H groups in total. The van der Waals surface area contributed by atoms with Crippen LogP contribution in [0.2, 0.25) is 0 Å². The van der Waals surface area contributed by atoms with Crippen molar-refractivity contribution in [3.63, 3.8) is 0 Å². The molecule has 2 fully saturated rings. The maximum atomic E-state index is 10.2. The van der Waals surface area contributed by atoms with Crippen LogP contribution in [0.3, 0.4) is 0 Å². The van der Waals surface area contributed by atoms with E-state index in [2.05, 4.69) is 52.4 Å². The second kappa shape index (κ2) is 13.1. The second-order valence-corrected chi connectivity index (χ2v) is 12.3. The Labute approximate surface area is 283 Å². The lowest BCUT2D eigenvalue weighted by Gasteiger charge is -2.43. The highest BCUT2D eigenvalue weighted by molar-refractivity contribution is 5.78. The Morgan fingerprint density at radius 1 is 0.735 bits per heavy atom. The van der Waals surface area contributed by atoms with Crippen LogP contribution in [0, 0.1) is 6.92 Å². The van der Waals surface area contributed by atoms with Gasteiger partial charge in [0.2, 0.25) is 0 Å². The second-order valence-electron chi connectivity index (χ2n) is 12.3. The number of pyridine rings is 1. The molecule has 13 nitrogen and oxygen atoms in total. The zero-order valence-electron chi connectivity index (χ0n) is 27.2. The average molecular weight is 656 g/mol. The molecule has 2 aliphatic heterocycles. The molecule has 2 saturated heterocycles. The van der Waals surface area contributed by atoms with Crippen molar-refractivity contribution in [1.82, 2.24) is 35.2 Å². The van der Waals surface area contributed by atoms with Crippen LogP contribution in [0.4, 0.5) is 23.0 Å². The van der Waals surface area contributed by atoms with Crippen LogP contribution in [0.15, 0.2) is 91.4 Å². The van der Waals surface area contributed by atoms with E-state index in [0.29, 0.717) is 46.2 Å². The molecule has 248 valence electrons. The largest absolute Gasteiger partial charge is 0.507 e. The first-order valence-corrected chi connectivity index (χ1v) is 16.0. The third-order valence-electron chi connectivity index (χ3n) is 9.00. The number of hydrogen-bond donors (Lipinski definition) is 4. The average Bonchev–Trinajstić information content (AvgIpc) is 3.65. The molecule has 2 aromatic carbocycles. The lowest BCUT2D eigenvalue weighted by atomic mass is 10.1. The van der Waals surface area contributed by atoms with E-state index in [-0.39, 0.29) is 11.5 Å². The quantitative estimate of drug-likeness (QED) is 0.199. The van der Waals surface area contributed by atoms with Gasteiger partial charge >= 0.3 is 0 Å². The van der Waals surface area contributed by atoms with Gasteiger partial charge in [-0.1, -0.05) is 24.3 Å². The Kier molecular flexibility index (Phi) is 8.39. The molecule has 0 saturated carbocycles. The molecule has 8 rings (SSSR count). The molecule has 2 bridgehead atoms. The SMILES string of the molecule is Cc1cc(N2C3CCC2CN(c2cc(-c4ccccc4O)nnc2N)C3)ccn1.Cn1cc(-c2cc(-c3ccccc3O)nnc2N)cn1. The number of benzene rings is 2. The summed E-state index contributed by atoms with van der Waals surface area (Å²) in [6, 6.07) is 23.0. The number of nitrogen functional groups attached to an aromatic ring is 2. The van der Waals surface area contributed by atoms with Crippen LogP contribution in [0.25, 0.3) is 33.6 Å². The molecule has 2 atom stereocenters. The number of piperazine rings is 1. The predicted octanol–water partition coefficient (Wildman–Crippen LogP) is 4.82. The zero-order valence-corrected chi connectivity index (χ0v) is 27.2. The number of anilines is 4. The van der Waals surface area contributed by atoms with Gasteiger partial charge in [-0.25, -0.2) is 0 Å². The van der Waals surface area contributed by atoms with Crippen molar-refractivity contribution < 1.29 is 10.2 Å². The van der Waals surface area contributed by atoms with Crippen molar-refractivity contribution >= 4 is 23.0 Å². The van der Waals surface area contributed by atoms with Gasteiger partial charge in [0.05, 0.1) is 23.3 Å². The summed E-state index contributed by atoms with van der Waals surface area (Å²) in [5.74, 6) is 1.10. The minimum absolute atomic E-state index is 0.156. The van der Waals surface area contributed by atoms with E-state index in [1.165, 1.54) is 5.69 Å². The molecule has 2 unspecified atom stereocenters. The summed E-state index contributed by atoms with van der Waals surface area (Å²) in [4.78, 5) is 9.20. The van der Waals surface area contributed by atoms with Crippen molar-refractivity contribution in [3.05, 3.63) is 97.1 Å². The molecule has 0 aliphatic carbocycles. The molecule has 0 spiro atoms. The van der Waals surface area contributed by atoms with Crippen molar-refractivity contribution in [3.8, 4) is 45.1 Å². The van der Waals surface area contributed by atoms with Crippen molar-refractivity contribution in [2.45, 2.75) is 31.8 Å². The summed E-state index contributed by atoms with van der Waals surface area (Å²) in [7, 11) is 1.83. The normalized spacial score (nSPS) is 16.7. The Morgan fingerprint density at radius 3 is 1.94 bits per heavy atom. The Balaban J connectivity index is 0.000000166. The Bertz CT molecular complexity index is 2100. The number of fused-ring (bicyclic) bond motifs is 2. The zero-order chi connectivity index (χ0) is 34.1. The summed E-state index contributed by atoms with van der Waals surface area (Å²) in [5, 5.41) is 40.6.